The van der Waals surface area contributed by atoms with Crippen LogP contribution in [0.25, 0.3) is 6.08 Å². The van der Waals surface area contributed by atoms with Gasteiger partial charge in [-0.3, -0.25) is 10.1 Å². The minimum atomic E-state index is -1.59. The summed E-state index contributed by atoms with van der Waals surface area (Å²) < 4.78 is 4.97. The van der Waals surface area contributed by atoms with Gasteiger partial charge in [0, 0.05) is 28.4 Å². The van der Waals surface area contributed by atoms with Crippen molar-refractivity contribution < 1.29 is 24.3 Å². The maximum Gasteiger partial charge on any atom is 0.281 e. The number of carboxylic acids is 1. The molecule has 0 bridgehead atoms. The predicted molar refractivity (Wildman–Crippen MR) is 78.1 cm³/mol. The third-order valence-electron chi connectivity index (χ3n) is 2.46. The number of benzene rings is 1. The molecule has 1 aromatic heterocycles. The molecule has 0 unspecified atom stereocenters. The summed E-state index contributed by atoms with van der Waals surface area (Å²) >= 11 is 3.48. The normalized spacial score (nSPS) is 11.5. The molecule has 9 nitrogen and oxygen atoms in total. The van der Waals surface area contributed by atoms with Gasteiger partial charge in [0.2, 0.25) is 5.89 Å². The first-order valence-electron chi connectivity index (χ1n) is 5.84. The fourth-order valence-corrected chi connectivity index (χ4v) is 2.66. The highest BCUT2D eigenvalue weighted by Crippen LogP contribution is 2.34. The lowest BCUT2D eigenvalue weighted by Crippen LogP contribution is -2.23. The number of carbonyl (C=O) groups is 1. The molecule has 23 heavy (non-hydrogen) atoms. The summed E-state index contributed by atoms with van der Waals surface area (Å²) in [4.78, 5) is 20.9. The zero-order chi connectivity index (χ0) is 17.1. The fourth-order valence-electron chi connectivity index (χ4n) is 1.50. The van der Waals surface area contributed by atoms with Crippen molar-refractivity contribution in [2.75, 3.05) is 0 Å². The molecule has 2 rings (SSSR count). The number of non-ortho nitro benzene ring substituents is 1. The first-order chi connectivity index (χ1) is 10.8. The van der Waals surface area contributed by atoms with E-state index >= 15 is 0 Å². The van der Waals surface area contributed by atoms with Crippen LogP contribution >= 0.6 is 27.7 Å². The van der Waals surface area contributed by atoms with E-state index in [0.29, 0.717) is 11.8 Å². The van der Waals surface area contributed by atoms with Crippen LogP contribution in [0.1, 0.15) is 11.5 Å². The molecule has 0 aliphatic heterocycles. The van der Waals surface area contributed by atoms with E-state index in [1.54, 1.807) is 0 Å². The molecular formula is C12H6BrN3O6S-2. The van der Waals surface area contributed by atoms with E-state index in [1.165, 1.54) is 6.92 Å². The lowest BCUT2D eigenvalue weighted by molar-refractivity contribution is -0.385. The molecule has 0 saturated carbocycles. The zero-order valence-electron chi connectivity index (χ0n) is 11.3. The summed E-state index contributed by atoms with van der Waals surface area (Å²) in [6.07, 6.45) is 0.958. The number of carbonyl (C=O) groups excluding carboxylic acids is 1. The molecule has 1 aromatic carbocycles. The van der Waals surface area contributed by atoms with E-state index in [9.17, 15) is 25.1 Å². The number of aromatic nitrogens is 2. The molecule has 0 atom stereocenters. The Morgan fingerprint density at radius 3 is 2.65 bits per heavy atom. The third kappa shape index (κ3) is 4.07. The van der Waals surface area contributed by atoms with Gasteiger partial charge in [0.25, 0.3) is 10.9 Å². The number of thioether (sulfide) groups is 1. The summed E-state index contributed by atoms with van der Waals surface area (Å²) in [5, 5.41) is 41.1. The predicted octanol–water partition coefficient (Wildman–Crippen LogP) is 1.01. The molecule has 2 aromatic rings. The van der Waals surface area contributed by atoms with Crippen LogP contribution in [-0.4, -0.2) is 21.1 Å². The van der Waals surface area contributed by atoms with Crippen molar-refractivity contribution >= 4 is 45.4 Å². The molecule has 0 radical (unpaired) electrons. The third-order valence-corrected chi connectivity index (χ3v) is 3.89. The smallest absolute Gasteiger partial charge is 0.281 e. The van der Waals surface area contributed by atoms with E-state index < -0.39 is 21.5 Å². The minimum absolute atomic E-state index is 0.0603. The molecule has 0 spiro atoms. The Kier molecular flexibility index (Phi) is 5.01. The number of nitrogens with zero attached hydrogens (tertiary/aromatic N) is 3. The molecule has 0 saturated heterocycles. The Balaban J connectivity index is 2.46. The van der Waals surface area contributed by atoms with E-state index in [1.807, 2.05) is 0 Å². The molecular weight excluding hydrogens is 394 g/mol. The second kappa shape index (κ2) is 6.79. The highest BCUT2D eigenvalue weighted by atomic mass is 79.9. The maximum absolute atomic E-state index is 12.0. The number of hydrogen-bond acceptors (Lipinski definition) is 9. The Hall–Kier alpha value is -2.40. The average molecular weight is 400 g/mol. The number of rotatable bonds is 5. The lowest BCUT2D eigenvalue weighted by atomic mass is 10.1. The largest absolute Gasteiger partial charge is 0.871 e. The Morgan fingerprint density at radius 2 is 2.13 bits per heavy atom. The van der Waals surface area contributed by atoms with Gasteiger partial charge in [-0.1, -0.05) is 21.7 Å². The van der Waals surface area contributed by atoms with Crippen molar-refractivity contribution in [3.63, 3.8) is 0 Å². The molecule has 0 aliphatic carbocycles. The van der Waals surface area contributed by atoms with Gasteiger partial charge in [-0.05, 0) is 23.4 Å². The van der Waals surface area contributed by atoms with Gasteiger partial charge in [0.15, 0.2) is 0 Å². The highest BCUT2D eigenvalue weighted by molar-refractivity contribution is 9.10. The Bertz CT molecular complexity index is 819. The minimum Gasteiger partial charge on any atom is -0.871 e. The Morgan fingerprint density at radius 1 is 1.43 bits per heavy atom. The molecule has 120 valence electrons. The van der Waals surface area contributed by atoms with Crippen molar-refractivity contribution in [2.45, 2.75) is 12.1 Å². The van der Waals surface area contributed by atoms with Gasteiger partial charge in [-0.25, -0.2) is 0 Å². The molecule has 0 amide bonds. The standard InChI is InChI=1S/C12H8BrN3O6S/c1-5-14-15-12(22-5)23-9(11(18)19)3-6-2-7(16(20)21)4-8(13)10(6)17/h2-4,17H,1H3,(H,18,19)/p-2/b9-3-. The summed E-state index contributed by atoms with van der Waals surface area (Å²) in [6.45, 7) is 1.52. The summed E-state index contributed by atoms with van der Waals surface area (Å²) in [5.41, 5.74) is -0.548. The van der Waals surface area contributed by atoms with Gasteiger partial charge in [0.05, 0.1) is 10.9 Å². The summed E-state index contributed by atoms with van der Waals surface area (Å²) in [5.74, 6) is -1.96. The number of aliphatic carboxylic acids is 1. The zero-order valence-corrected chi connectivity index (χ0v) is 13.7. The Labute approximate surface area is 141 Å². The van der Waals surface area contributed by atoms with Crippen LogP contribution in [0.4, 0.5) is 5.69 Å². The highest BCUT2D eigenvalue weighted by Gasteiger charge is 2.13. The average Bonchev–Trinajstić information content (AvgIpc) is 2.87. The topological polar surface area (TPSA) is 145 Å². The second-order valence-electron chi connectivity index (χ2n) is 4.09. The van der Waals surface area contributed by atoms with E-state index in [4.69, 9.17) is 4.42 Å². The van der Waals surface area contributed by atoms with Gasteiger partial charge in [0.1, 0.15) is 0 Å². The van der Waals surface area contributed by atoms with Crippen molar-refractivity contribution in [3.05, 3.63) is 43.1 Å². The maximum atomic E-state index is 12.0. The molecule has 1 heterocycles. The SMILES string of the molecule is Cc1nnc(S/C(=C\c2cc([N+](=O)[O-])cc(Br)c2[O-])C(=O)[O-])o1. The van der Waals surface area contributed by atoms with Crippen LogP contribution in [0.2, 0.25) is 0 Å². The van der Waals surface area contributed by atoms with Crippen LogP contribution < -0.4 is 10.2 Å². The van der Waals surface area contributed by atoms with Crippen LogP contribution in [0, 0.1) is 17.0 Å². The number of halogens is 1. The van der Waals surface area contributed by atoms with Crippen molar-refractivity contribution in [1.29, 1.82) is 0 Å². The monoisotopic (exact) mass is 399 g/mol. The number of aryl methyl sites for hydroxylation is 1. The number of carboxylic acid groups (broad SMARTS) is 1. The van der Waals surface area contributed by atoms with Crippen molar-refractivity contribution in [1.82, 2.24) is 10.2 Å². The first kappa shape index (κ1) is 17.0. The van der Waals surface area contributed by atoms with Crippen LogP contribution in [0.3, 0.4) is 0 Å². The van der Waals surface area contributed by atoms with Gasteiger partial charge < -0.3 is 19.4 Å². The van der Waals surface area contributed by atoms with Gasteiger partial charge >= 0.3 is 0 Å². The van der Waals surface area contributed by atoms with E-state index in [0.717, 1.165) is 18.2 Å². The molecule has 0 fully saturated rings. The molecule has 0 aliphatic rings. The fraction of sp³-hybridized carbons (Fsp3) is 0.0833. The van der Waals surface area contributed by atoms with Gasteiger partial charge in [-0.15, -0.1) is 10.2 Å². The molecule has 0 N–H and O–H groups in total. The van der Waals surface area contributed by atoms with Crippen LogP contribution in [0.15, 0.2) is 31.2 Å². The van der Waals surface area contributed by atoms with Crippen molar-refractivity contribution in [3.8, 4) is 5.75 Å². The number of nitro benzene ring substituents is 1. The van der Waals surface area contributed by atoms with Crippen LogP contribution in [-0.2, 0) is 4.79 Å². The van der Waals surface area contributed by atoms with E-state index in [2.05, 4.69) is 26.1 Å². The van der Waals surface area contributed by atoms with Crippen LogP contribution in [0.5, 0.6) is 5.75 Å². The first-order valence-corrected chi connectivity index (χ1v) is 7.45. The van der Waals surface area contributed by atoms with Gasteiger partial charge in [-0.2, -0.15) is 0 Å². The van der Waals surface area contributed by atoms with E-state index in [-0.39, 0.29) is 26.8 Å². The number of hydrogen-bond donors (Lipinski definition) is 0. The second-order valence-corrected chi connectivity index (χ2v) is 5.94. The number of nitro groups is 1. The van der Waals surface area contributed by atoms with Crippen molar-refractivity contribution in [2.24, 2.45) is 0 Å². The summed E-state index contributed by atoms with van der Waals surface area (Å²) in [6, 6.07) is 2.00. The lowest BCUT2D eigenvalue weighted by Gasteiger charge is -2.14. The molecule has 11 heteroatoms. The summed E-state index contributed by atoms with van der Waals surface area (Å²) in [7, 11) is 0. The quantitative estimate of drug-likeness (QED) is 0.310.